The fraction of sp³-hybridized carbons (Fsp3) is 0.240. The zero-order valence-electron chi connectivity index (χ0n) is 18.1. The molecule has 0 radical (unpaired) electrons. The van der Waals surface area contributed by atoms with E-state index in [4.69, 9.17) is 4.98 Å². The number of hydrogen-bond donors (Lipinski definition) is 1. The van der Waals surface area contributed by atoms with Crippen molar-refractivity contribution in [3.05, 3.63) is 82.2 Å². The van der Waals surface area contributed by atoms with Crippen LogP contribution in [0.3, 0.4) is 0 Å². The highest BCUT2D eigenvalue weighted by Gasteiger charge is 2.15. The second-order valence-corrected chi connectivity index (χ2v) is 7.94. The Labute approximate surface area is 176 Å². The Balaban J connectivity index is 1.76. The van der Waals surface area contributed by atoms with E-state index in [1.54, 1.807) is 6.20 Å². The largest absolute Gasteiger partial charge is 0.348 e. The van der Waals surface area contributed by atoms with E-state index in [9.17, 15) is 4.79 Å². The summed E-state index contributed by atoms with van der Waals surface area (Å²) >= 11 is 0. The van der Waals surface area contributed by atoms with Crippen LogP contribution in [0.2, 0.25) is 0 Å². The van der Waals surface area contributed by atoms with Gasteiger partial charge in [0.25, 0.3) is 5.91 Å². The number of hydrogen-bond acceptors (Lipinski definition) is 3. The Morgan fingerprint density at radius 3 is 2.50 bits per heavy atom. The number of nitrogens with zero attached hydrogens (tertiary/aromatic N) is 3. The average molecular weight is 399 g/mol. The maximum Gasteiger partial charge on any atom is 0.252 e. The molecule has 0 aliphatic carbocycles. The van der Waals surface area contributed by atoms with Gasteiger partial charge in [-0.15, -0.1) is 0 Å². The molecule has 4 rings (SSSR count). The van der Waals surface area contributed by atoms with E-state index in [0.717, 1.165) is 39.0 Å². The first kappa shape index (κ1) is 19.8. The standard InChI is InChI=1S/C25H26N4O/c1-15-6-9-23-21(10-15)22(25(30)26-13-20-14-27-29(5)18(20)4)12-24(28-23)19-8-7-16(2)17(3)11-19/h6-12,14H,13H2,1-5H3,(H,26,30). The summed E-state index contributed by atoms with van der Waals surface area (Å²) in [5, 5.41) is 8.18. The van der Waals surface area contributed by atoms with Gasteiger partial charge in [-0.3, -0.25) is 9.48 Å². The lowest BCUT2D eigenvalue weighted by atomic mass is 9.99. The summed E-state index contributed by atoms with van der Waals surface area (Å²) in [7, 11) is 1.90. The smallest absolute Gasteiger partial charge is 0.252 e. The normalized spacial score (nSPS) is 11.1. The minimum Gasteiger partial charge on any atom is -0.348 e. The van der Waals surface area contributed by atoms with Crippen LogP contribution in [-0.4, -0.2) is 20.7 Å². The SMILES string of the molecule is Cc1ccc2nc(-c3ccc(C)c(C)c3)cc(C(=O)NCc3cnn(C)c3C)c2c1. The van der Waals surface area contributed by atoms with E-state index in [2.05, 4.69) is 42.5 Å². The Morgan fingerprint density at radius 1 is 1.00 bits per heavy atom. The van der Waals surface area contributed by atoms with Gasteiger partial charge in [-0.25, -0.2) is 4.98 Å². The van der Waals surface area contributed by atoms with Crippen LogP contribution in [0.4, 0.5) is 0 Å². The molecule has 0 aliphatic rings. The quantitative estimate of drug-likeness (QED) is 0.537. The first-order chi connectivity index (χ1) is 14.3. The molecule has 2 aromatic heterocycles. The van der Waals surface area contributed by atoms with Gasteiger partial charge in [0.05, 0.1) is 23.0 Å². The number of amides is 1. The summed E-state index contributed by atoms with van der Waals surface area (Å²) in [6.45, 7) is 8.64. The monoisotopic (exact) mass is 398 g/mol. The van der Waals surface area contributed by atoms with Crippen LogP contribution in [0.5, 0.6) is 0 Å². The van der Waals surface area contributed by atoms with E-state index in [0.29, 0.717) is 12.1 Å². The molecule has 5 heteroatoms. The molecule has 2 aromatic carbocycles. The van der Waals surface area contributed by atoms with Crippen molar-refractivity contribution in [2.24, 2.45) is 7.05 Å². The van der Waals surface area contributed by atoms with Crippen molar-refractivity contribution in [2.75, 3.05) is 0 Å². The number of aromatic nitrogens is 3. The predicted octanol–water partition coefficient (Wildman–Crippen LogP) is 4.80. The third kappa shape index (κ3) is 3.71. The van der Waals surface area contributed by atoms with Crippen molar-refractivity contribution < 1.29 is 4.79 Å². The third-order valence-corrected chi connectivity index (χ3v) is 5.79. The van der Waals surface area contributed by atoms with Crippen LogP contribution in [0, 0.1) is 27.7 Å². The van der Waals surface area contributed by atoms with Gasteiger partial charge in [-0.1, -0.05) is 23.8 Å². The van der Waals surface area contributed by atoms with Crippen LogP contribution in [0.25, 0.3) is 22.2 Å². The number of rotatable bonds is 4. The molecule has 0 saturated carbocycles. The number of pyridine rings is 1. The number of fused-ring (bicyclic) bond motifs is 1. The Kier molecular flexibility index (Phi) is 5.12. The topological polar surface area (TPSA) is 59.8 Å². The molecular formula is C25H26N4O. The van der Waals surface area contributed by atoms with Gasteiger partial charge in [-0.2, -0.15) is 5.10 Å². The number of carbonyl (C=O) groups excluding carboxylic acids is 1. The van der Waals surface area contributed by atoms with Crippen LogP contribution >= 0.6 is 0 Å². The van der Waals surface area contributed by atoms with Gasteiger partial charge in [0.15, 0.2) is 0 Å². The molecule has 0 bridgehead atoms. The van der Waals surface area contributed by atoms with Crippen LogP contribution in [0.15, 0.2) is 48.7 Å². The molecule has 1 amide bonds. The van der Waals surface area contributed by atoms with E-state index < -0.39 is 0 Å². The molecule has 4 aromatic rings. The Bertz CT molecular complexity index is 1270. The summed E-state index contributed by atoms with van der Waals surface area (Å²) in [5.41, 5.74) is 8.86. The second-order valence-electron chi connectivity index (χ2n) is 7.94. The maximum atomic E-state index is 13.2. The fourth-order valence-corrected chi connectivity index (χ4v) is 3.56. The van der Waals surface area contributed by atoms with Gasteiger partial charge in [0, 0.05) is 35.8 Å². The lowest BCUT2D eigenvalue weighted by Crippen LogP contribution is -2.23. The summed E-state index contributed by atoms with van der Waals surface area (Å²) in [6.07, 6.45) is 1.80. The average Bonchev–Trinajstić information content (AvgIpc) is 3.05. The lowest BCUT2D eigenvalue weighted by molar-refractivity contribution is 0.0952. The fourth-order valence-electron chi connectivity index (χ4n) is 3.56. The molecule has 0 atom stereocenters. The van der Waals surface area contributed by atoms with Gasteiger partial charge in [0.1, 0.15) is 0 Å². The van der Waals surface area contributed by atoms with Gasteiger partial charge < -0.3 is 5.32 Å². The minimum absolute atomic E-state index is 0.110. The number of benzene rings is 2. The maximum absolute atomic E-state index is 13.2. The highest BCUT2D eigenvalue weighted by molar-refractivity contribution is 6.07. The summed E-state index contributed by atoms with van der Waals surface area (Å²) in [5.74, 6) is -0.110. The van der Waals surface area contributed by atoms with E-state index in [-0.39, 0.29) is 5.91 Å². The number of aryl methyl sites for hydroxylation is 4. The zero-order valence-corrected chi connectivity index (χ0v) is 18.1. The number of nitrogens with one attached hydrogen (secondary N) is 1. The zero-order chi connectivity index (χ0) is 21.4. The van der Waals surface area contributed by atoms with Crippen molar-refractivity contribution in [3.63, 3.8) is 0 Å². The highest BCUT2D eigenvalue weighted by atomic mass is 16.1. The van der Waals surface area contributed by atoms with Gasteiger partial charge >= 0.3 is 0 Å². The summed E-state index contributed by atoms with van der Waals surface area (Å²) < 4.78 is 1.81. The van der Waals surface area contributed by atoms with E-state index in [1.165, 1.54) is 11.1 Å². The van der Waals surface area contributed by atoms with Gasteiger partial charge in [0.2, 0.25) is 0 Å². The summed E-state index contributed by atoms with van der Waals surface area (Å²) in [4.78, 5) is 18.0. The molecule has 152 valence electrons. The van der Waals surface area contributed by atoms with Crippen LogP contribution in [-0.2, 0) is 13.6 Å². The van der Waals surface area contributed by atoms with Crippen molar-refractivity contribution in [2.45, 2.75) is 34.2 Å². The Hall–Kier alpha value is -3.47. The van der Waals surface area contributed by atoms with Gasteiger partial charge in [-0.05, 0) is 63.1 Å². The highest BCUT2D eigenvalue weighted by Crippen LogP contribution is 2.27. The van der Waals surface area contributed by atoms with Crippen molar-refractivity contribution >= 4 is 16.8 Å². The molecule has 2 heterocycles. The molecule has 0 spiro atoms. The minimum atomic E-state index is -0.110. The first-order valence-electron chi connectivity index (χ1n) is 10.1. The number of carbonyl (C=O) groups is 1. The van der Waals surface area contributed by atoms with E-state index in [1.807, 2.05) is 49.8 Å². The molecule has 0 fully saturated rings. The molecule has 0 aliphatic heterocycles. The van der Waals surface area contributed by atoms with Crippen molar-refractivity contribution in [1.29, 1.82) is 0 Å². The third-order valence-electron chi connectivity index (χ3n) is 5.79. The molecule has 30 heavy (non-hydrogen) atoms. The second kappa shape index (κ2) is 7.75. The predicted molar refractivity (Wildman–Crippen MR) is 121 cm³/mol. The van der Waals surface area contributed by atoms with Crippen LogP contribution in [0.1, 0.15) is 38.3 Å². The molecule has 1 N–H and O–H groups in total. The summed E-state index contributed by atoms with van der Waals surface area (Å²) in [6, 6.07) is 14.2. The molecule has 5 nitrogen and oxygen atoms in total. The molecule has 0 unspecified atom stereocenters. The van der Waals surface area contributed by atoms with Crippen LogP contribution < -0.4 is 5.32 Å². The van der Waals surface area contributed by atoms with Crippen molar-refractivity contribution in [3.8, 4) is 11.3 Å². The van der Waals surface area contributed by atoms with E-state index >= 15 is 0 Å². The van der Waals surface area contributed by atoms with Crippen molar-refractivity contribution in [1.82, 2.24) is 20.1 Å². The first-order valence-corrected chi connectivity index (χ1v) is 10.1. The lowest BCUT2D eigenvalue weighted by Gasteiger charge is -2.12. The molecular weight excluding hydrogens is 372 g/mol. The molecule has 0 saturated heterocycles. The Morgan fingerprint density at radius 2 is 1.80 bits per heavy atom.